The first-order valence-corrected chi connectivity index (χ1v) is 1.86. The van der Waals surface area contributed by atoms with Gasteiger partial charge in [-0.05, 0) is 0 Å². The van der Waals surface area contributed by atoms with Gasteiger partial charge in [0.25, 0.3) is 0 Å². The molecule has 0 unspecified atom stereocenters. The number of nitrogens with two attached hydrogens (primary N) is 1. The minimum absolute atomic E-state index is 1.70. The van der Waals surface area contributed by atoms with Gasteiger partial charge in [0.1, 0.15) is 0 Å². The predicted octanol–water partition coefficient (Wildman–Crippen LogP) is 0.134. The fourth-order valence-corrected chi connectivity index (χ4v) is 0. The van der Waals surface area contributed by atoms with Crippen LogP contribution in [0.3, 0.4) is 0 Å². The van der Waals surface area contributed by atoms with Crippen molar-refractivity contribution in [2.75, 3.05) is 0 Å². The fraction of sp³-hybridized carbons (Fsp3) is 0. The second-order valence-electron chi connectivity index (χ2n) is 0. The van der Waals surface area contributed by atoms with Crippen molar-refractivity contribution >= 4 is 16.1 Å². The van der Waals surface area contributed by atoms with Crippen LogP contribution >= 0.6 is 16.1 Å². The second-order valence-corrected chi connectivity index (χ2v) is 0. The van der Waals surface area contributed by atoms with Crippen LogP contribution in [-0.4, -0.2) is 0 Å². The molecule has 0 aliphatic rings. The van der Waals surface area contributed by atoms with Gasteiger partial charge in [0.15, 0.2) is 0 Å². The molecule has 0 heterocycles. The predicted molar refractivity (Wildman–Crippen MR) is 13.8 cm³/mol. The summed E-state index contributed by atoms with van der Waals surface area (Å²) in [6.07, 6.45) is 0. The summed E-state index contributed by atoms with van der Waals surface area (Å²) in [5, 5.41) is 0. The third-order valence-corrected chi connectivity index (χ3v) is 0. The standard InChI is InChI=1S/Ag.BrH2N.O/c;1-2;/h;2H2;. The Morgan fingerprint density at radius 2 is 1.50 bits per heavy atom. The van der Waals surface area contributed by atoms with E-state index in [1.807, 2.05) is 0 Å². The Morgan fingerprint density at radius 1 is 1.50 bits per heavy atom. The fourth-order valence-electron chi connectivity index (χ4n) is 0. The quantitative estimate of drug-likeness (QED) is 0.465. The molecule has 0 aromatic carbocycles. The number of hydrogen-bond acceptors (Lipinski definition) is 2. The van der Waals surface area contributed by atoms with Crippen molar-refractivity contribution in [2.45, 2.75) is 0 Å². The third kappa shape index (κ3) is 12.2. The van der Waals surface area contributed by atoms with Crippen molar-refractivity contribution in [1.29, 1.82) is 0 Å². The van der Waals surface area contributed by atoms with E-state index in [-0.39, 0.29) is 0 Å². The molecule has 0 aliphatic heterocycles. The van der Waals surface area contributed by atoms with Crippen molar-refractivity contribution in [2.24, 2.45) is 4.76 Å². The van der Waals surface area contributed by atoms with Crippen LogP contribution in [0.1, 0.15) is 0 Å². The molecule has 2 nitrogen and oxygen atoms in total. The zero-order valence-corrected chi connectivity index (χ0v) is 4.73. The van der Waals surface area contributed by atoms with Gasteiger partial charge in [-0.25, -0.2) is 0 Å². The van der Waals surface area contributed by atoms with Crippen molar-refractivity contribution < 1.29 is 24.3 Å². The molecular weight excluding hydrogens is 218 g/mol. The second kappa shape index (κ2) is 36.8. The van der Waals surface area contributed by atoms with Crippen LogP contribution in [0.15, 0.2) is 0 Å². The van der Waals surface area contributed by atoms with Crippen LogP contribution in [0, 0.1) is 0 Å². The molecule has 0 rings (SSSR count). The van der Waals surface area contributed by atoms with E-state index >= 15 is 0 Å². The van der Waals surface area contributed by atoms with Gasteiger partial charge in [-0.2, -0.15) is 0 Å². The molecule has 0 radical (unpaired) electrons. The molecule has 4 heteroatoms. The zero-order valence-electron chi connectivity index (χ0n) is 1.67. The van der Waals surface area contributed by atoms with Gasteiger partial charge in [0.2, 0.25) is 0 Å². The van der Waals surface area contributed by atoms with Gasteiger partial charge < -0.3 is 0 Å². The Hall–Kier alpha value is 0.980. The van der Waals surface area contributed by atoms with Gasteiger partial charge in [-0.3, -0.25) is 4.76 Å². The van der Waals surface area contributed by atoms with Crippen molar-refractivity contribution in [3.8, 4) is 0 Å². The van der Waals surface area contributed by atoms with Gasteiger partial charge in [-0.15, -0.1) is 0 Å². The summed E-state index contributed by atoms with van der Waals surface area (Å²) in [6, 6.07) is 0. The average Bonchev–Trinajstić information content (AvgIpc) is 1.50. The summed E-state index contributed by atoms with van der Waals surface area (Å²) in [5.74, 6) is 0. The Kier molecular flexibility index (Phi) is 81.7. The van der Waals surface area contributed by atoms with E-state index in [1.54, 1.807) is 21.0 Å². The van der Waals surface area contributed by atoms with E-state index in [4.69, 9.17) is 3.25 Å². The summed E-state index contributed by atoms with van der Waals surface area (Å²) in [4.78, 5) is 0. The summed E-state index contributed by atoms with van der Waals surface area (Å²) in [6.45, 7) is 0. The van der Waals surface area contributed by atoms with E-state index in [1.165, 1.54) is 0 Å². The van der Waals surface area contributed by atoms with Crippen molar-refractivity contribution in [3.63, 3.8) is 0 Å². The molecule has 0 saturated carbocycles. The first-order valence-electron chi connectivity index (χ1n) is 0.341. The summed E-state index contributed by atoms with van der Waals surface area (Å²) < 4.78 is 12.4. The molecule has 0 saturated heterocycles. The molecule has 0 atom stereocenters. The first kappa shape index (κ1) is 8.88. The molecule has 31 valence electrons. The molecule has 0 aliphatic carbocycles. The summed E-state index contributed by atoms with van der Waals surface area (Å²) >= 11 is 4.14. The van der Waals surface area contributed by atoms with Crippen LogP contribution < -0.4 is 4.76 Å². The molecule has 4 heavy (non-hydrogen) atoms. The number of hydrogen-bond donors (Lipinski definition) is 1. The maximum atomic E-state index is 8.06. The molecular formula is H2AgBrNO. The van der Waals surface area contributed by atoms with Crippen molar-refractivity contribution in [3.05, 3.63) is 0 Å². The summed E-state index contributed by atoms with van der Waals surface area (Å²) in [7, 11) is 0. The van der Waals surface area contributed by atoms with Crippen LogP contribution in [0.25, 0.3) is 0 Å². The number of rotatable bonds is 0. The maximum absolute atomic E-state index is 8.06. The molecule has 0 fully saturated rings. The van der Waals surface area contributed by atoms with Gasteiger partial charge in [0.05, 0.1) is 0 Å². The Morgan fingerprint density at radius 3 is 1.50 bits per heavy atom. The van der Waals surface area contributed by atoms with E-state index in [9.17, 15) is 0 Å². The van der Waals surface area contributed by atoms with Gasteiger partial charge in [-0.1, -0.05) is 0 Å². The topological polar surface area (TPSA) is 43.1 Å². The van der Waals surface area contributed by atoms with Gasteiger partial charge >= 0.3 is 24.3 Å². The Bertz CT molecular complexity index is 8.00. The Labute approximate surface area is 45.3 Å². The molecule has 0 aromatic heterocycles. The van der Waals surface area contributed by atoms with Gasteiger partial charge in [0, 0.05) is 16.1 Å². The van der Waals surface area contributed by atoms with E-state index < -0.39 is 0 Å². The first-order chi connectivity index (χ1) is 2.00. The molecule has 0 bridgehead atoms. The average molecular weight is 220 g/mol. The van der Waals surface area contributed by atoms with Crippen LogP contribution in [-0.2, 0) is 24.3 Å². The van der Waals surface area contributed by atoms with Crippen molar-refractivity contribution in [1.82, 2.24) is 0 Å². The molecule has 2 N–H and O–H groups in total. The minimum atomic E-state index is 1.70. The summed E-state index contributed by atoms with van der Waals surface area (Å²) in [5.41, 5.74) is 0. The monoisotopic (exact) mass is 218 g/mol. The van der Waals surface area contributed by atoms with Crippen LogP contribution in [0.5, 0.6) is 0 Å². The molecule has 0 amide bonds. The Balaban J connectivity index is 0. The SMILES string of the molecule is NBr.[O]=[Ag]. The van der Waals surface area contributed by atoms with E-state index in [2.05, 4.69) is 20.9 Å². The number of halogens is 1. The molecule has 0 spiro atoms. The third-order valence-electron chi connectivity index (χ3n) is 0. The van der Waals surface area contributed by atoms with E-state index in [0.29, 0.717) is 0 Å². The van der Waals surface area contributed by atoms with E-state index in [0.717, 1.165) is 0 Å². The van der Waals surface area contributed by atoms with Crippen LogP contribution in [0.4, 0.5) is 0 Å². The van der Waals surface area contributed by atoms with Crippen LogP contribution in [0.2, 0.25) is 0 Å². The normalized spacial score (nSPS) is 3.00. The zero-order chi connectivity index (χ0) is 4.00. The molecule has 0 aromatic rings.